The Bertz CT molecular complexity index is 928. The van der Waals surface area contributed by atoms with Gasteiger partial charge < -0.3 is 20.1 Å². The highest BCUT2D eigenvalue weighted by Crippen LogP contribution is 2.33. The molecule has 2 aromatic rings. The lowest BCUT2D eigenvalue weighted by atomic mass is 9.97. The number of carbonyl (C=O) groups excluding carboxylic acids is 2. The van der Waals surface area contributed by atoms with Crippen molar-refractivity contribution in [2.45, 2.75) is 62.6 Å². The first-order valence-electron chi connectivity index (χ1n) is 12.0. The average molecular weight is 471 g/mol. The second-order valence-corrected chi connectivity index (χ2v) is 9.66. The van der Waals surface area contributed by atoms with Gasteiger partial charge in [0.15, 0.2) is 5.16 Å². The number of para-hydroxylation sites is 1. The highest BCUT2D eigenvalue weighted by atomic mass is 32.2. The first kappa shape index (κ1) is 23.6. The van der Waals surface area contributed by atoms with E-state index in [4.69, 9.17) is 0 Å². The molecule has 1 aliphatic heterocycles. The molecule has 2 fully saturated rings. The molecule has 33 heavy (non-hydrogen) atoms. The molecule has 1 atom stereocenters. The van der Waals surface area contributed by atoms with Crippen LogP contribution in [0.5, 0.6) is 0 Å². The molecule has 2 heterocycles. The van der Waals surface area contributed by atoms with Crippen molar-refractivity contribution in [3.8, 4) is 0 Å². The zero-order valence-corrected chi connectivity index (χ0v) is 20.1. The maximum Gasteiger partial charge on any atom is 0.321 e. The van der Waals surface area contributed by atoms with Gasteiger partial charge in [0.05, 0.1) is 5.92 Å². The highest BCUT2D eigenvalue weighted by molar-refractivity contribution is 7.98. The van der Waals surface area contributed by atoms with Crippen molar-refractivity contribution in [3.63, 3.8) is 0 Å². The number of hydrogen-bond acceptors (Lipinski definition) is 5. The number of nitrogens with one attached hydrogen (secondary N) is 2. The third-order valence-electron chi connectivity index (χ3n) is 6.59. The van der Waals surface area contributed by atoms with Crippen LogP contribution in [0.3, 0.4) is 0 Å². The second-order valence-electron chi connectivity index (χ2n) is 8.89. The normalized spacial score (nSPS) is 18.9. The molecule has 1 saturated carbocycles. The van der Waals surface area contributed by atoms with Crippen LogP contribution in [0, 0.1) is 5.92 Å². The predicted molar refractivity (Wildman–Crippen MR) is 130 cm³/mol. The first-order valence-corrected chi connectivity index (χ1v) is 13.2. The average Bonchev–Trinajstić information content (AvgIpc) is 3.52. The lowest BCUT2D eigenvalue weighted by Gasteiger charge is -2.32. The quantitative estimate of drug-likeness (QED) is 0.447. The van der Waals surface area contributed by atoms with Crippen LogP contribution >= 0.6 is 11.8 Å². The van der Waals surface area contributed by atoms with Crippen LogP contribution in [-0.4, -0.2) is 57.5 Å². The van der Waals surface area contributed by atoms with Gasteiger partial charge in [-0.2, -0.15) is 0 Å². The van der Waals surface area contributed by atoms with E-state index >= 15 is 0 Å². The third-order valence-corrected chi connectivity index (χ3v) is 7.23. The molecule has 0 radical (unpaired) electrons. The van der Waals surface area contributed by atoms with E-state index < -0.39 is 0 Å². The minimum atomic E-state index is -0.162. The van der Waals surface area contributed by atoms with Crippen LogP contribution in [-0.2, 0) is 11.2 Å². The minimum absolute atomic E-state index is 0.0364. The fraction of sp³-hybridized carbons (Fsp3) is 0.583. The number of aromatic nitrogens is 3. The van der Waals surface area contributed by atoms with Gasteiger partial charge in [-0.25, -0.2) is 4.79 Å². The molecule has 1 aliphatic carbocycles. The molecule has 0 bridgehead atoms. The summed E-state index contributed by atoms with van der Waals surface area (Å²) in [4.78, 5) is 27.1. The number of thioether (sulfide) groups is 1. The van der Waals surface area contributed by atoms with Crippen molar-refractivity contribution < 1.29 is 9.59 Å². The zero-order valence-electron chi connectivity index (χ0n) is 19.3. The molecule has 2 aliphatic rings. The van der Waals surface area contributed by atoms with Gasteiger partial charge in [-0.05, 0) is 50.5 Å². The van der Waals surface area contributed by atoms with Crippen molar-refractivity contribution in [2.24, 2.45) is 5.92 Å². The maximum absolute atomic E-state index is 12.8. The van der Waals surface area contributed by atoms with E-state index in [2.05, 4.69) is 25.4 Å². The molecule has 178 valence electrons. The lowest BCUT2D eigenvalue weighted by molar-refractivity contribution is -0.126. The van der Waals surface area contributed by atoms with Crippen molar-refractivity contribution in [2.75, 3.05) is 31.2 Å². The Morgan fingerprint density at radius 1 is 1.09 bits per heavy atom. The van der Waals surface area contributed by atoms with E-state index in [0.29, 0.717) is 25.7 Å². The number of carbonyl (C=O) groups is 2. The number of nitrogens with zero attached hydrogens (tertiary/aromatic N) is 4. The number of rotatable bonds is 8. The predicted octanol–water partition coefficient (Wildman–Crippen LogP) is 4.11. The fourth-order valence-corrected chi connectivity index (χ4v) is 5.42. The van der Waals surface area contributed by atoms with E-state index in [9.17, 15) is 9.59 Å². The molecule has 1 saturated heterocycles. The Morgan fingerprint density at radius 2 is 1.88 bits per heavy atom. The maximum atomic E-state index is 12.8. The standard InChI is InChI=1S/C24H34N6O2S/c1-33-24-28-27-21(30(24)20-12-5-6-13-20)14-7-15-25-22(31)18-9-8-16-29(17-18)23(32)26-19-10-3-2-4-11-19/h2-4,10-11,18,20H,5-9,12-17H2,1H3,(H,25,31)(H,26,32). The van der Waals surface area contributed by atoms with E-state index in [0.717, 1.165) is 42.4 Å². The monoisotopic (exact) mass is 470 g/mol. The Kier molecular flexibility index (Phi) is 8.25. The molecule has 2 N–H and O–H groups in total. The Balaban J connectivity index is 1.23. The Hall–Kier alpha value is -2.55. The fourth-order valence-electron chi connectivity index (χ4n) is 4.85. The molecule has 0 spiro atoms. The summed E-state index contributed by atoms with van der Waals surface area (Å²) < 4.78 is 2.32. The summed E-state index contributed by atoms with van der Waals surface area (Å²) in [6.45, 7) is 1.74. The summed E-state index contributed by atoms with van der Waals surface area (Å²) in [7, 11) is 0. The SMILES string of the molecule is CSc1nnc(CCCNC(=O)C2CCCN(C(=O)Nc3ccccc3)C2)n1C1CCCC1. The largest absolute Gasteiger partial charge is 0.356 e. The Labute approximate surface area is 199 Å². The number of aryl methyl sites for hydroxylation is 1. The second kappa shape index (κ2) is 11.5. The van der Waals surface area contributed by atoms with Crippen molar-refractivity contribution in [1.82, 2.24) is 25.0 Å². The van der Waals surface area contributed by atoms with Gasteiger partial charge in [0.2, 0.25) is 5.91 Å². The summed E-state index contributed by atoms with van der Waals surface area (Å²) in [6.07, 6.45) is 10.3. The summed E-state index contributed by atoms with van der Waals surface area (Å²) in [5, 5.41) is 15.8. The van der Waals surface area contributed by atoms with Gasteiger partial charge in [-0.1, -0.05) is 42.8 Å². The Morgan fingerprint density at radius 3 is 2.64 bits per heavy atom. The van der Waals surface area contributed by atoms with E-state index in [-0.39, 0.29) is 17.9 Å². The van der Waals surface area contributed by atoms with Crippen molar-refractivity contribution >= 4 is 29.4 Å². The number of piperidine rings is 1. The van der Waals surface area contributed by atoms with Crippen LogP contribution in [0.2, 0.25) is 0 Å². The van der Waals surface area contributed by atoms with Gasteiger partial charge in [0, 0.05) is 37.8 Å². The van der Waals surface area contributed by atoms with E-state index in [1.807, 2.05) is 36.6 Å². The molecule has 1 aromatic heterocycles. The summed E-state index contributed by atoms with van der Waals surface area (Å²) >= 11 is 1.65. The summed E-state index contributed by atoms with van der Waals surface area (Å²) in [5.74, 6) is 0.904. The number of hydrogen-bond donors (Lipinski definition) is 2. The van der Waals surface area contributed by atoms with Crippen LogP contribution in [0.1, 0.15) is 56.8 Å². The summed E-state index contributed by atoms with van der Waals surface area (Å²) in [6, 6.07) is 9.79. The molecule has 9 heteroatoms. The molecular weight excluding hydrogens is 436 g/mol. The van der Waals surface area contributed by atoms with Crippen LogP contribution in [0.25, 0.3) is 0 Å². The topological polar surface area (TPSA) is 92.2 Å². The van der Waals surface area contributed by atoms with Crippen molar-refractivity contribution in [3.05, 3.63) is 36.2 Å². The third kappa shape index (κ3) is 6.07. The first-order chi connectivity index (χ1) is 16.2. The smallest absolute Gasteiger partial charge is 0.321 e. The summed E-state index contributed by atoms with van der Waals surface area (Å²) in [5.41, 5.74) is 0.768. The lowest BCUT2D eigenvalue weighted by Crippen LogP contribution is -2.47. The molecule has 1 unspecified atom stereocenters. The number of amides is 3. The molecular formula is C24H34N6O2S. The molecule has 1 aromatic carbocycles. The van der Waals surface area contributed by atoms with Crippen LogP contribution in [0.4, 0.5) is 10.5 Å². The van der Waals surface area contributed by atoms with Crippen LogP contribution in [0.15, 0.2) is 35.5 Å². The van der Waals surface area contributed by atoms with Gasteiger partial charge in [-0.15, -0.1) is 10.2 Å². The van der Waals surface area contributed by atoms with Crippen molar-refractivity contribution in [1.29, 1.82) is 0 Å². The van der Waals surface area contributed by atoms with Crippen LogP contribution < -0.4 is 10.6 Å². The number of likely N-dealkylation sites (tertiary alicyclic amines) is 1. The van der Waals surface area contributed by atoms with Gasteiger partial charge >= 0.3 is 6.03 Å². The highest BCUT2D eigenvalue weighted by Gasteiger charge is 2.28. The molecule has 8 nitrogen and oxygen atoms in total. The van der Waals surface area contributed by atoms with E-state index in [1.54, 1.807) is 16.7 Å². The number of anilines is 1. The zero-order chi connectivity index (χ0) is 23.0. The minimum Gasteiger partial charge on any atom is -0.356 e. The van der Waals surface area contributed by atoms with E-state index in [1.165, 1.54) is 25.7 Å². The molecule has 3 amide bonds. The number of benzene rings is 1. The van der Waals surface area contributed by atoms with Gasteiger partial charge in [0.1, 0.15) is 5.82 Å². The van der Waals surface area contributed by atoms with Gasteiger partial charge in [0.25, 0.3) is 0 Å². The number of urea groups is 1. The van der Waals surface area contributed by atoms with Gasteiger partial charge in [-0.3, -0.25) is 4.79 Å². The molecule has 4 rings (SSSR count).